The molecule has 2 rings (SSSR count). The van der Waals surface area contributed by atoms with Crippen LogP contribution in [0.15, 0.2) is 36.9 Å². The molecule has 0 aromatic carbocycles. The summed E-state index contributed by atoms with van der Waals surface area (Å²) in [5.41, 5.74) is 7.56. The van der Waals surface area contributed by atoms with Gasteiger partial charge in [-0.3, -0.25) is 4.98 Å². The van der Waals surface area contributed by atoms with Crippen molar-refractivity contribution in [3.05, 3.63) is 48.0 Å². The van der Waals surface area contributed by atoms with Crippen LogP contribution in [0, 0.1) is 0 Å². The first-order valence-electron chi connectivity index (χ1n) is 5.40. The molecule has 0 saturated heterocycles. The molecule has 0 saturated carbocycles. The highest BCUT2D eigenvalue weighted by atomic mass is 15.2. The van der Waals surface area contributed by atoms with Gasteiger partial charge in [-0.05, 0) is 11.6 Å². The van der Waals surface area contributed by atoms with Gasteiger partial charge in [0.15, 0.2) is 0 Å². The van der Waals surface area contributed by atoms with Crippen LogP contribution in [-0.4, -0.2) is 22.0 Å². The lowest BCUT2D eigenvalue weighted by Gasteiger charge is -2.16. The molecule has 17 heavy (non-hydrogen) atoms. The Hall–Kier alpha value is -2.01. The zero-order valence-corrected chi connectivity index (χ0v) is 9.74. The molecular formula is C12H15N5. The highest BCUT2D eigenvalue weighted by Gasteiger charge is 2.04. The summed E-state index contributed by atoms with van der Waals surface area (Å²) in [6, 6.07) is 3.94. The Balaban J connectivity index is 2.06. The summed E-state index contributed by atoms with van der Waals surface area (Å²) in [7, 11) is 1.95. The van der Waals surface area contributed by atoms with Crippen LogP contribution in [0.1, 0.15) is 11.1 Å². The van der Waals surface area contributed by atoms with Crippen molar-refractivity contribution in [1.29, 1.82) is 0 Å². The Kier molecular flexibility index (Phi) is 3.62. The number of aromatic nitrogens is 3. The molecule has 0 atom stereocenters. The van der Waals surface area contributed by atoms with Gasteiger partial charge in [0.1, 0.15) is 0 Å². The highest BCUT2D eigenvalue weighted by Crippen LogP contribution is 2.08. The first-order valence-corrected chi connectivity index (χ1v) is 5.40. The van der Waals surface area contributed by atoms with Gasteiger partial charge in [-0.25, -0.2) is 9.97 Å². The third kappa shape index (κ3) is 2.98. The van der Waals surface area contributed by atoms with Crippen LogP contribution >= 0.6 is 0 Å². The smallest absolute Gasteiger partial charge is 0.225 e. The molecule has 88 valence electrons. The number of anilines is 1. The molecule has 5 heteroatoms. The molecule has 2 aromatic heterocycles. The van der Waals surface area contributed by atoms with Crippen molar-refractivity contribution in [2.24, 2.45) is 5.73 Å². The highest BCUT2D eigenvalue weighted by molar-refractivity contribution is 5.30. The SMILES string of the molecule is CN(Cc1cccnc1)c1ncc(CN)cn1. The van der Waals surface area contributed by atoms with Crippen LogP contribution < -0.4 is 10.6 Å². The van der Waals surface area contributed by atoms with E-state index in [-0.39, 0.29) is 0 Å². The monoisotopic (exact) mass is 229 g/mol. The van der Waals surface area contributed by atoms with Gasteiger partial charge in [0.2, 0.25) is 5.95 Å². The van der Waals surface area contributed by atoms with Crippen LogP contribution in [0.5, 0.6) is 0 Å². The number of nitrogens with two attached hydrogens (primary N) is 1. The van der Waals surface area contributed by atoms with Crippen molar-refractivity contribution in [3.8, 4) is 0 Å². The van der Waals surface area contributed by atoms with Crippen LogP contribution in [0.2, 0.25) is 0 Å². The zero-order chi connectivity index (χ0) is 12.1. The summed E-state index contributed by atoms with van der Waals surface area (Å²) >= 11 is 0. The molecule has 5 nitrogen and oxygen atoms in total. The molecule has 0 amide bonds. The van der Waals surface area contributed by atoms with Gasteiger partial charge in [-0.15, -0.1) is 0 Å². The quantitative estimate of drug-likeness (QED) is 0.846. The molecule has 0 unspecified atom stereocenters. The van der Waals surface area contributed by atoms with E-state index < -0.39 is 0 Å². The Morgan fingerprint density at radius 2 is 1.94 bits per heavy atom. The van der Waals surface area contributed by atoms with E-state index >= 15 is 0 Å². The number of pyridine rings is 1. The molecule has 0 aliphatic carbocycles. The fourth-order valence-corrected chi connectivity index (χ4v) is 1.49. The number of rotatable bonds is 4. The van der Waals surface area contributed by atoms with Gasteiger partial charge in [-0.1, -0.05) is 6.07 Å². The van der Waals surface area contributed by atoms with Crippen molar-refractivity contribution in [1.82, 2.24) is 15.0 Å². The minimum Gasteiger partial charge on any atom is -0.340 e. The Morgan fingerprint density at radius 3 is 2.53 bits per heavy atom. The molecule has 0 aliphatic heterocycles. The maximum Gasteiger partial charge on any atom is 0.225 e. The van der Waals surface area contributed by atoms with Crippen molar-refractivity contribution < 1.29 is 0 Å². The lowest BCUT2D eigenvalue weighted by molar-refractivity contribution is 0.853. The van der Waals surface area contributed by atoms with E-state index in [2.05, 4.69) is 15.0 Å². The third-order valence-corrected chi connectivity index (χ3v) is 2.41. The van der Waals surface area contributed by atoms with Crippen LogP contribution in [0.3, 0.4) is 0 Å². The molecule has 0 aliphatic rings. The van der Waals surface area contributed by atoms with Crippen molar-refractivity contribution >= 4 is 5.95 Å². The van der Waals surface area contributed by atoms with E-state index in [1.54, 1.807) is 18.6 Å². The molecule has 2 aromatic rings. The minimum absolute atomic E-state index is 0.465. The van der Waals surface area contributed by atoms with E-state index in [1.807, 2.05) is 30.3 Å². The summed E-state index contributed by atoms with van der Waals surface area (Å²) in [6.07, 6.45) is 7.10. The third-order valence-electron chi connectivity index (χ3n) is 2.41. The minimum atomic E-state index is 0.465. The van der Waals surface area contributed by atoms with E-state index in [0.717, 1.165) is 17.7 Å². The fraction of sp³-hybridized carbons (Fsp3) is 0.250. The Morgan fingerprint density at radius 1 is 1.18 bits per heavy atom. The predicted molar refractivity (Wildman–Crippen MR) is 66.3 cm³/mol. The van der Waals surface area contributed by atoms with Crippen molar-refractivity contribution in [2.75, 3.05) is 11.9 Å². The largest absolute Gasteiger partial charge is 0.340 e. The van der Waals surface area contributed by atoms with Gasteiger partial charge < -0.3 is 10.6 Å². The summed E-state index contributed by atoms with van der Waals surface area (Å²) in [5, 5.41) is 0. The molecule has 2 N–H and O–H groups in total. The van der Waals surface area contributed by atoms with E-state index in [4.69, 9.17) is 5.73 Å². The first-order chi connectivity index (χ1) is 8.29. The first kappa shape index (κ1) is 11.5. The Labute approximate surface area is 100 Å². The van der Waals surface area contributed by atoms with Gasteiger partial charge in [0.05, 0.1) is 0 Å². The number of hydrogen-bond acceptors (Lipinski definition) is 5. The molecule has 0 bridgehead atoms. The average molecular weight is 229 g/mol. The van der Waals surface area contributed by atoms with Crippen LogP contribution in [-0.2, 0) is 13.1 Å². The van der Waals surface area contributed by atoms with Gasteiger partial charge in [0.25, 0.3) is 0 Å². The van der Waals surface area contributed by atoms with Gasteiger partial charge >= 0.3 is 0 Å². The summed E-state index contributed by atoms with van der Waals surface area (Å²) in [5.74, 6) is 0.686. The van der Waals surface area contributed by atoms with Crippen molar-refractivity contribution in [2.45, 2.75) is 13.1 Å². The summed E-state index contributed by atoms with van der Waals surface area (Å²) in [6.45, 7) is 1.20. The van der Waals surface area contributed by atoms with Crippen molar-refractivity contribution in [3.63, 3.8) is 0 Å². The molecule has 0 radical (unpaired) electrons. The van der Waals surface area contributed by atoms with E-state index in [0.29, 0.717) is 12.5 Å². The van der Waals surface area contributed by atoms with Crippen LogP contribution in [0.4, 0.5) is 5.95 Å². The van der Waals surface area contributed by atoms with Crippen LogP contribution in [0.25, 0.3) is 0 Å². The molecule has 0 fully saturated rings. The second-order valence-corrected chi connectivity index (χ2v) is 3.81. The van der Waals surface area contributed by atoms with E-state index in [9.17, 15) is 0 Å². The second-order valence-electron chi connectivity index (χ2n) is 3.81. The zero-order valence-electron chi connectivity index (χ0n) is 9.74. The van der Waals surface area contributed by atoms with Gasteiger partial charge in [-0.2, -0.15) is 0 Å². The normalized spacial score (nSPS) is 10.2. The second kappa shape index (κ2) is 5.36. The molecule has 2 heterocycles. The standard InChI is InChI=1S/C12H15N5/c1-17(9-10-3-2-4-14-6-10)12-15-7-11(5-13)8-16-12/h2-4,6-8H,5,9,13H2,1H3. The number of hydrogen-bond donors (Lipinski definition) is 1. The predicted octanol–water partition coefficient (Wildman–Crippen LogP) is 0.967. The fourth-order valence-electron chi connectivity index (χ4n) is 1.49. The maximum atomic E-state index is 5.50. The summed E-state index contributed by atoms with van der Waals surface area (Å²) < 4.78 is 0. The van der Waals surface area contributed by atoms with Gasteiger partial charge in [0, 0.05) is 50.5 Å². The lowest BCUT2D eigenvalue weighted by Crippen LogP contribution is -2.19. The molecular weight excluding hydrogens is 214 g/mol. The lowest BCUT2D eigenvalue weighted by atomic mass is 10.3. The summed E-state index contributed by atoms with van der Waals surface area (Å²) in [4.78, 5) is 14.6. The maximum absolute atomic E-state index is 5.50. The molecule has 0 spiro atoms. The average Bonchev–Trinajstić information content (AvgIpc) is 2.40. The number of nitrogens with zero attached hydrogens (tertiary/aromatic N) is 4. The van der Waals surface area contributed by atoms with E-state index in [1.165, 1.54) is 0 Å². The topological polar surface area (TPSA) is 67.9 Å². The Bertz CT molecular complexity index is 454.